The zero-order valence-electron chi connectivity index (χ0n) is 11.2. The molecule has 2 rings (SSSR count). The molecule has 0 saturated carbocycles. The third-order valence-corrected chi connectivity index (χ3v) is 4.04. The van der Waals surface area contributed by atoms with Gasteiger partial charge in [-0.3, -0.25) is 4.68 Å². The monoisotopic (exact) mass is 296 g/mol. The first kappa shape index (κ1) is 14.4. The molecule has 2 aromatic rings. The van der Waals surface area contributed by atoms with Crippen molar-refractivity contribution in [2.45, 2.75) is 11.3 Å². The van der Waals surface area contributed by atoms with Gasteiger partial charge in [0.25, 0.3) is 0 Å². The average molecular weight is 296 g/mol. The van der Waals surface area contributed by atoms with Gasteiger partial charge in [0.15, 0.2) is 0 Å². The highest BCUT2D eigenvalue weighted by atomic mass is 32.2. The minimum atomic E-state index is -3.58. The Kier molecular flexibility index (Phi) is 4.30. The number of rotatable bonds is 6. The van der Waals surface area contributed by atoms with E-state index in [9.17, 15) is 8.42 Å². The SMILES string of the molecule is CNc1ncc(S(=O)(=O)NCCc2cnn(C)c2)cn1. The molecule has 8 nitrogen and oxygen atoms in total. The smallest absolute Gasteiger partial charge is 0.243 e. The van der Waals surface area contributed by atoms with Crippen molar-refractivity contribution in [1.29, 1.82) is 0 Å². The van der Waals surface area contributed by atoms with Crippen LogP contribution in [-0.2, 0) is 23.5 Å². The van der Waals surface area contributed by atoms with E-state index in [1.807, 2.05) is 13.2 Å². The molecule has 0 spiro atoms. The van der Waals surface area contributed by atoms with Crippen LogP contribution in [0.3, 0.4) is 0 Å². The summed E-state index contributed by atoms with van der Waals surface area (Å²) in [5.41, 5.74) is 0.969. The molecule has 0 atom stereocenters. The predicted molar refractivity (Wildman–Crippen MR) is 73.7 cm³/mol. The summed E-state index contributed by atoms with van der Waals surface area (Å²) >= 11 is 0. The van der Waals surface area contributed by atoms with Gasteiger partial charge in [-0.2, -0.15) is 5.10 Å². The van der Waals surface area contributed by atoms with E-state index in [1.165, 1.54) is 12.4 Å². The van der Waals surface area contributed by atoms with Crippen LogP contribution in [0, 0.1) is 0 Å². The molecular weight excluding hydrogens is 280 g/mol. The Balaban J connectivity index is 1.96. The summed E-state index contributed by atoms with van der Waals surface area (Å²) in [6.07, 6.45) is 6.66. The fourth-order valence-corrected chi connectivity index (χ4v) is 2.52. The van der Waals surface area contributed by atoms with Gasteiger partial charge in [-0.05, 0) is 12.0 Å². The molecule has 9 heteroatoms. The lowest BCUT2D eigenvalue weighted by atomic mass is 10.3. The van der Waals surface area contributed by atoms with Gasteiger partial charge >= 0.3 is 0 Å². The van der Waals surface area contributed by atoms with Gasteiger partial charge in [0.05, 0.1) is 18.6 Å². The van der Waals surface area contributed by atoms with E-state index in [-0.39, 0.29) is 4.90 Å². The molecule has 2 aromatic heterocycles. The molecular formula is C11H16N6O2S. The van der Waals surface area contributed by atoms with Gasteiger partial charge < -0.3 is 5.32 Å². The number of hydrogen-bond acceptors (Lipinski definition) is 6. The first-order valence-electron chi connectivity index (χ1n) is 5.98. The van der Waals surface area contributed by atoms with Gasteiger partial charge in [-0.15, -0.1) is 0 Å². The van der Waals surface area contributed by atoms with Crippen LogP contribution in [0.15, 0.2) is 29.7 Å². The molecule has 2 N–H and O–H groups in total. The van der Waals surface area contributed by atoms with E-state index in [1.54, 1.807) is 17.9 Å². The average Bonchev–Trinajstić information content (AvgIpc) is 2.84. The van der Waals surface area contributed by atoms with Crippen LogP contribution in [0.2, 0.25) is 0 Å². The van der Waals surface area contributed by atoms with Crippen LogP contribution in [0.4, 0.5) is 5.95 Å². The Morgan fingerprint density at radius 1 is 1.25 bits per heavy atom. The number of sulfonamides is 1. The molecule has 0 radical (unpaired) electrons. The van der Waals surface area contributed by atoms with Crippen molar-refractivity contribution in [2.75, 3.05) is 18.9 Å². The van der Waals surface area contributed by atoms with Gasteiger partial charge in [0, 0.05) is 26.8 Å². The summed E-state index contributed by atoms with van der Waals surface area (Å²) in [6, 6.07) is 0. The molecule has 0 unspecified atom stereocenters. The van der Waals surface area contributed by atoms with Gasteiger partial charge in [-0.25, -0.2) is 23.1 Å². The van der Waals surface area contributed by atoms with Gasteiger partial charge in [-0.1, -0.05) is 0 Å². The Bertz CT molecular complexity index is 664. The predicted octanol–water partition coefficient (Wildman–Crippen LogP) is -0.227. The summed E-state index contributed by atoms with van der Waals surface area (Å²) < 4.78 is 28.2. The molecule has 0 saturated heterocycles. The summed E-state index contributed by atoms with van der Waals surface area (Å²) in [7, 11) is -0.102. The fourth-order valence-electron chi connectivity index (χ4n) is 1.60. The first-order valence-corrected chi connectivity index (χ1v) is 7.46. The second kappa shape index (κ2) is 5.97. The minimum absolute atomic E-state index is 0.0442. The van der Waals surface area contributed by atoms with E-state index in [0.717, 1.165) is 5.56 Å². The lowest BCUT2D eigenvalue weighted by Crippen LogP contribution is -2.26. The molecule has 20 heavy (non-hydrogen) atoms. The zero-order valence-corrected chi connectivity index (χ0v) is 12.1. The Morgan fingerprint density at radius 3 is 2.50 bits per heavy atom. The second-order valence-corrected chi connectivity index (χ2v) is 5.93. The minimum Gasteiger partial charge on any atom is -0.357 e. The lowest BCUT2D eigenvalue weighted by Gasteiger charge is -2.06. The molecule has 108 valence electrons. The highest BCUT2D eigenvalue weighted by molar-refractivity contribution is 7.89. The van der Waals surface area contributed by atoms with Crippen LogP contribution in [0.5, 0.6) is 0 Å². The Morgan fingerprint density at radius 2 is 1.95 bits per heavy atom. The Labute approximate surface area is 117 Å². The molecule has 0 aromatic carbocycles. The van der Waals surface area contributed by atoms with E-state index >= 15 is 0 Å². The molecule has 0 fully saturated rings. The number of nitrogens with one attached hydrogen (secondary N) is 2. The van der Waals surface area contributed by atoms with E-state index in [0.29, 0.717) is 18.9 Å². The van der Waals surface area contributed by atoms with Crippen LogP contribution in [-0.4, -0.2) is 41.8 Å². The number of anilines is 1. The third-order valence-electron chi connectivity index (χ3n) is 2.63. The van der Waals surface area contributed by atoms with Crippen molar-refractivity contribution in [3.05, 3.63) is 30.4 Å². The molecule has 2 heterocycles. The first-order chi connectivity index (χ1) is 9.51. The number of aromatic nitrogens is 4. The fraction of sp³-hybridized carbons (Fsp3) is 0.364. The van der Waals surface area contributed by atoms with E-state index < -0.39 is 10.0 Å². The summed E-state index contributed by atoms with van der Waals surface area (Å²) in [6.45, 7) is 0.293. The summed E-state index contributed by atoms with van der Waals surface area (Å²) in [4.78, 5) is 7.80. The van der Waals surface area contributed by atoms with E-state index in [2.05, 4.69) is 25.1 Å². The van der Waals surface area contributed by atoms with Crippen molar-refractivity contribution >= 4 is 16.0 Å². The van der Waals surface area contributed by atoms with Crippen molar-refractivity contribution < 1.29 is 8.42 Å². The maximum Gasteiger partial charge on any atom is 0.243 e. The number of nitrogens with zero attached hydrogens (tertiary/aromatic N) is 4. The van der Waals surface area contributed by atoms with Crippen LogP contribution in [0.1, 0.15) is 5.56 Å². The molecule has 0 aliphatic heterocycles. The molecule has 0 bridgehead atoms. The third kappa shape index (κ3) is 3.52. The normalized spacial score (nSPS) is 11.5. The molecule has 0 aliphatic rings. The van der Waals surface area contributed by atoms with Crippen LogP contribution in [0.25, 0.3) is 0 Å². The standard InChI is InChI=1S/C11H16N6O2S/c1-12-11-13-6-10(7-14-11)20(18,19)16-4-3-9-5-15-17(2)8-9/h5-8,16H,3-4H2,1-2H3,(H,12,13,14). The highest BCUT2D eigenvalue weighted by Gasteiger charge is 2.14. The van der Waals surface area contributed by atoms with Crippen molar-refractivity contribution in [2.24, 2.45) is 7.05 Å². The summed E-state index contributed by atoms with van der Waals surface area (Å²) in [5.74, 6) is 0.374. The van der Waals surface area contributed by atoms with Crippen molar-refractivity contribution in [3.8, 4) is 0 Å². The van der Waals surface area contributed by atoms with Crippen LogP contribution < -0.4 is 10.0 Å². The van der Waals surface area contributed by atoms with E-state index in [4.69, 9.17) is 0 Å². The maximum atomic E-state index is 12.0. The van der Waals surface area contributed by atoms with Gasteiger partial charge in [0.2, 0.25) is 16.0 Å². The van der Waals surface area contributed by atoms with Crippen molar-refractivity contribution in [3.63, 3.8) is 0 Å². The Hall–Kier alpha value is -2.00. The van der Waals surface area contributed by atoms with Crippen molar-refractivity contribution in [1.82, 2.24) is 24.5 Å². The number of aryl methyl sites for hydroxylation is 1. The van der Waals surface area contributed by atoms with Gasteiger partial charge in [0.1, 0.15) is 4.90 Å². The second-order valence-electron chi connectivity index (χ2n) is 4.16. The lowest BCUT2D eigenvalue weighted by molar-refractivity contribution is 0.580. The highest BCUT2D eigenvalue weighted by Crippen LogP contribution is 2.07. The summed E-state index contributed by atoms with van der Waals surface area (Å²) in [5, 5.41) is 6.75. The molecule has 0 amide bonds. The quantitative estimate of drug-likeness (QED) is 0.763. The topological polar surface area (TPSA) is 102 Å². The zero-order chi connectivity index (χ0) is 14.6. The number of hydrogen-bond donors (Lipinski definition) is 2. The molecule has 0 aliphatic carbocycles. The van der Waals surface area contributed by atoms with Crippen LogP contribution >= 0.6 is 0 Å². The largest absolute Gasteiger partial charge is 0.357 e. The maximum absolute atomic E-state index is 12.0.